The first kappa shape index (κ1) is 18.3. The number of benzene rings is 2. The molecule has 0 aliphatic carbocycles. The van der Waals surface area contributed by atoms with Gasteiger partial charge in [0.05, 0.1) is 5.92 Å². The summed E-state index contributed by atoms with van der Waals surface area (Å²) in [5.74, 6) is 1.08. The molecule has 146 valence electrons. The molecule has 2 aromatic rings. The molecule has 0 spiro atoms. The van der Waals surface area contributed by atoms with Crippen LogP contribution in [0.25, 0.3) is 0 Å². The molecule has 2 aliphatic rings. The van der Waals surface area contributed by atoms with Crippen LogP contribution in [-0.2, 0) is 9.59 Å². The Bertz CT molecular complexity index is 868. The third-order valence-electron chi connectivity index (χ3n) is 5.28. The molecule has 2 heterocycles. The lowest BCUT2D eigenvalue weighted by Crippen LogP contribution is -2.35. The van der Waals surface area contributed by atoms with Crippen LogP contribution in [0.2, 0.25) is 0 Å². The quantitative estimate of drug-likeness (QED) is 0.866. The van der Waals surface area contributed by atoms with Crippen molar-refractivity contribution in [3.8, 4) is 11.5 Å². The Morgan fingerprint density at radius 3 is 2.68 bits per heavy atom. The minimum absolute atomic E-state index is 0.0482. The summed E-state index contributed by atoms with van der Waals surface area (Å²) in [7, 11) is 0. The Kier molecular flexibility index (Phi) is 5.19. The molecule has 2 aromatic carbocycles. The first-order valence-electron chi connectivity index (χ1n) is 9.64. The van der Waals surface area contributed by atoms with Gasteiger partial charge >= 0.3 is 0 Å². The van der Waals surface area contributed by atoms with E-state index in [0.29, 0.717) is 37.8 Å². The number of amides is 2. The fourth-order valence-corrected chi connectivity index (χ4v) is 3.63. The monoisotopic (exact) mass is 380 g/mol. The van der Waals surface area contributed by atoms with Gasteiger partial charge in [0, 0.05) is 31.3 Å². The lowest BCUT2D eigenvalue weighted by molar-refractivity contribution is -0.126. The van der Waals surface area contributed by atoms with Crippen molar-refractivity contribution < 1.29 is 19.1 Å². The molecule has 2 amide bonds. The Balaban J connectivity index is 1.37. The second-order valence-corrected chi connectivity index (χ2v) is 7.29. The molecular formula is C22H24N2O4. The number of rotatable bonds is 5. The van der Waals surface area contributed by atoms with E-state index in [0.717, 1.165) is 5.69 Å². The molecule has 1 fully saturated rings. The number of hydrogen-bond acceptors (Lipinski definition) is 4. The van der Waals surface area contributed by atoms with Crippen LogP contribution in [0, 0.1) is 5.92 Å². The smallest absolute Gasteiger partial charge is 0.227 e. The SMILES string of the molecule is CC(CNC(=O)C1CC(=O)N(c2ccc3c(c2)OCCO3)C1)c1ccccc1. The number of carbonyl (C=O) groups is 2. The molecule has 6 nitrogen and oxygen atoms in total. The normalized spacial score (nSPS) is 19.4. The van der Waals surface area contributed by atoms with Crippen molar-refractivity contribution in [2.24, 2.45) is 5.92 Å². The van der Waals surface area contributed by atoms with Crippen LogP contribution in [0.1, 0.15) is 24.8 Å². The first-order chi connectivity index (χ1) is 13.6. The number of nitrogens with one attached hydrogen (secondary N) is 1. The van der Waals surface area contributed by atoms with Gasteiger partial charge in [-0.25, -0.2) is 0 Å². The van der Waals surface area contributed by atoms with Crippen LogP contribution in [0.15, 0.2) is 48.5 Å². The van der Waals surface area contributed by atoms with E-state index >= 15 is 0 Å². The summed E-state index contributed by atoms with van der Waals surface area (Å²) in [5.41, 5.74) is 1.92. The highest BCUT2D eigenvalue weighted by atomic mass is 16.6. The maximum Gasteiger partial charge on any atom is 0.227 e. The Hall–Kier alpha value is -3.02. The second-order valence-electron chi connectivity index (χ2n) is 7.29. The third kappa shape index (κ3) is 3.81. The second kappa shape index (κ2) is 7.92. The Labute approximate surface area is 164 Å². The van der Waals surface area contributed by atoms with E-state index in [1.54, 1.807) is 4.90 Å². The van der Waals surface area contributed by atoms with Gasteiger partial charge in [-0.15, -0.1) is 0 Å². The standard InChI is InChI=1S/C22H24N2O4/c1-15(16-5-3-2-4-6-16)13-23-22(26)17-11-21(25)24(14-17)18-7-8-19-20(12-18)28-10-9-27-19/h2-8,12,15,17H,9-11,13-14H2,1H3,(H,23,26). The van der Waals surface area contributed by atoms with Gasteiger partial charge in [-0.2, -0.15) is 0 Å². The van der Waals surface area contributed by atoms with Gasteiger partial charge in [0.1, 0.15) is 13.2 Å². The minimum atomic E-state index is -0.344. The molecule has 2 unspecified atom stereocenters. The zero-order chi connectivity index (χ0) is 19.5. The van der Waals surface area contributed by atoms with Crippen LogP contribution < -0.4 is 19.7 Å². The summed E-state index contributed by atoms with van der Waals surface area (Å²) < 4.78 is 11.1. The number of nitrogens with zero attached hydrogens (tertiary/aromatic N) is 1. The van der Waals surface area contributed by atoms with Crippen molar-refractivity contribution in [1.82, 2.24) is 5.32 Å². The molecule has 6 heteroatoms. The fourth-order valence-electron chi connectivity index (χ4n) is 3.63. The zero-order valence-electron chi connectivity index (χ0n) is 15.9. The highest BCUT2D eigenvalue weighted by Gasteiger charge is 2.35. The van der Waals surface area contributed by atoms with E-state index in [9.17, 15) is 9.59 Å². The summed E-state index contributed by atoms with van der Waals surface area (Å²) in [6, 6.07) is 15.5. The lowest BCUT2D eigenvalue weighted by Gasteiger charge is -2.22. The average Bonchev–Trinajstić information content (AvgIpc) is 3.13. The predicted molar refractivity (Wildman–Crippen MR) is 106 cm³/mol. The summed E-state index contributed by atoms with van der Waals surface area (Å²) in [5, 5.41) is 3.00. The number of ether oxygens (including phenoxy) is 2. The van der Waals surface area contributed by atoms with Gasteiger partial charge in [-0.3, -0.25) is 9.59 Å². The van der Waals surface area contributed by atoms with E-state index in [1.165, 1.54) is 5.56 Å². The van der Waals surface area contributed by atoms with Crippen LogP contribution >= 0.6 is 0 Å². The lowest BCUT2D eigenvalue weighted by atomic mass is 10.0. The van der Waals surface area contributed by atoms with Gasteiger partial charge < -0.3 is 19.7 Å². The number of anilines is 1. The summed E-state index contributed by atoms with van der Waals surface area (Å²) in [4.78, 5) is 26.7. The molecule has 28 heavy (non-hydrogen) atoms. The molecule has 0 bridgehead atoms. The highest BCUT2D eigenvalue weighted by Crippen LogP contribution is 2.36. The summed E-state index contributed by atoms with van der Waals surface area (Å²) in [6.07, 6.45) is 0.222. The van der Waals surface area contributed by atoms with Crippen molar-refractivity contribution in [3.63, 3.8) is 0 Å². The van der Waals surface area contributed by atoms with Crippen molar-refractivity contribution in [2.75, 3.05) is 31.2 Å². The van der Waals surface area contributed by atoms with Gasteiger partial charge in [0.2, 0.25) is 11.8 Å². The van der Waals surface area contributed by atoms with E-state index in [-0.39, 0.29) is 30.1 Å². The Morgan fingerprint density at radius 2 is 1.89 bits per heavy atom. The molecule has 1 saturated heterocycles. The van der Waals surface area contributed by atoms with Crippen LogP contribution in [0.5, 0.6) is 11.5 Å². The average molecular weight is 380 g/mol. The van der Waals surface area contributed by atoms with Crippen molar-refractivity contribution in [2.45, 2.75) is 19.3 Å². The van der Waals surface area contributed by atoms with Gasteiger partial charge in [0.25, 0.3) is 0 Å². The zero-order valence-corrected chi connectivity index (χ0v) is 15.9. The molecule has 0 radical (unpaired) electrons. The predicted octanol–water partition coefficient (Wildman–Crippen LogP) is 2.73. The summed E-state index contributed by atoms with van der Waals surface area (Å²) >= 11 is 0. The number of fused-ring (bicyclic) bond motifs is 1. The van der Waals surface area contributed by atoms with Gasteiger partial charge in [-0.1, -0.05) is 37.3 Å². The molecule has 2 atom stereocenters. The van der Waals surface area contributed by atoms with Crippen LogP contribution in [0.3, 0.4) is 0 Å². The maximum absolute atomic E-state index is 12.6. The van der Waals surface area contributed by atoms with E-state index in [2.05, 4.69) is 24.4 Å². The highest BCUT2D eigenvalue weighted by molar-refractivity contribution is 6.00. The maximum atomic E-state index is 12.6. The van der Waals surface area contributed by atoms with E-state index in [1.807, 2.05) is 36.4 Å². The number of hydrogen-bond donors (Lipinski definition) is 1. The van der Waals surface area contributed by atoms with Crippen molar-refractivity contribution in [1.29, 1.82) is 0 Å². The molecule has 2 aliphatic heterocycles. The number of carbonyl (C=O) groups excluding carboxylic acids is 2. The minimum Gasteiger partial charge on any atom is -0.486 e. The first-order valence-corrected chi connectivity index (χ1v) is 9.64. The fraction of sp³-hybridized carbons (Fsp3) is 0.364. The van der Waals surface area contributed by atoms with Crippen molar-refractivity contribution in [3.05, 3.63) is 54.1 Å². The molecule has 4 rings (SSSR count). The molecule has 0 saturated carbocycles. The largest absolute Gasteiger partial charge is 0.486 e. The Morgan fingerprint density at radius 1 is 1.14 bits per heavy atom. The molecule has 1 N–H and O–H groups in total. The van der Waals surface area contributed by atoms with Crippen LogP contribution in [0.4, 0.5) is 5.69 Å². The molecule has 0 aromatic heterocycles. The molecular weight excluding hydrogens is 356 g/mol. The van der Waals surface area contributed by atoms with Gasteiger partial charge in [0.15, 0.2) is 11.5 Å². The summed E-state index contributed by atoms with van der Waals surface area (Å²) in [6.45, 7) is 4.03. The van der Waals surface area contributed by atoms with Gasteiger partial charge in [-0.05, 0) is 23.6 Å². The van der Waals surface area contributed by atoms with Crippen LogP contribution in [-0.4, -0.2) is 38.1 Å². The van der Waals surface area contributed by atoms with E-state index < -0.39 is 0 Å². The third-order valence-corrected chi connectivity index (χ3v) is 5.28. The topological polar surface area (TPSA) is 67.9 Å². The van der Waals surface area contributed by atoms with E-state index in [4.69, 9.17) is 9.47 Å². The van der Waals surface area contributed by atoms with Crippen molar-refractivity contribution >= 4 is 17.5 Å².